The quantitative estimate of drug-likeness (QED) is 0.766. The monoisotopic (exact) mass is 294 g/mol. The van der Waals surface area contributed by atoms with Crippen LogP contribution in [0.2, 0.25) is 0 Å². The van der Waals surface area contributed by atoms with Gasteiger partial charge in [0.2, 0.25) is 0 Å². The van der Waals surface area contributed by atoms with E-state index in [1.807, 2.05) is 6.92 Å². The molecule has 7 nitrogen and oxygen atoms in total. The zero-order valence-corrected chi connectivity index (χ0v) is 12.4. The van der Waals surface area contributed by atoms with Crippen molar-refractivity contribution in [3.63, 3.8) is 0 Å². The molecule has 0 fully saturated rings. The van der Waals surface area contributed by atoms with Crippen LogP contribution in [-0.2, 0) is 17.8 Å². The highest BCUT2D eigenvalue weighted by molar-refractivity contribution is 5.83. The van der Waals surface area contributed by atoms with E-state index in [4.69, 9.17) is 0 Å². The summed E-state index contributed by atoms with van der Waals surface area (Å²) in [7, 11) is 0. The van der Waals surface area contributed by atoms with Crippen LogP contribution in [0.1, 0.15) is 44.5 Å². The van der Waals surface area contributed by atoms with Crippen molar-refractivity contribution in [2.75, 3.05) is 0 Å². The molecule has 2 atom stereocenters. The maximum atomic E-state index is 12.3. The number of imidazole rings is 1. The maximum absolute atomic E-state index is 12.3. The molecule has 0 radical (unpaired) electrons. The molecule has 0 saturated carbocycles. The summed E-state index contributed by atoms with van der Waals surface area (Å²) in [4.78, 5) is 32.2. The first-order chi connectivity index (χ1) is 10.0. The van der Waals surface area contributed by atoms with E-state index in [0.29, 0.717) is 0 Å². The van der Waals surface area contributed by atoms with Gasteiger partial charge in [-0.3, -0.25) is 0 Å². The van der Waals surface area contributed by atoms with E-state index in [0.717, 1.165) is 30.7 Å². The number of carboxylic acid groups (broad SMARTS) is 1. The Labute approximate surface area is 123 Å². The van der Waals surface area contributed by atoms with E-state index in [9.17, 15) is 14.7 Å². The molecule has 1 aromatic heterocycles. The second-order valence-electron chi connectivity index (χ2n) is 5.51. The fraction of sp³-hybridized carbons (Fsp3) is 0.643. The molecule has 0 spiro atoms. The second-order valence-corrected chi connectivity index (χ2v) is 5.51. The van der Waals surface area contributed by atoms with Gasteiger partial charge in [0, 0.05) is 12.5 Å². The Morgan fingerprint density at radius 1 is 1.62 bits per heavy atom. The SMILES string of the molecule is CCCCC(C)NC(=O)N1Cc2[nH]cnc2CC1C(=O)O. The number of aliphatic carboxylic acids is 1. The molecule has 0 aromatic carbocycles. The fourth-order valence-electron chi connectivity index (χ4n) is 2.55. The highest BCUT2D eigenvalue weighted by atomic mass is 16.4. The van der Waals surface area contributed by atoms with Gasteiger partial charge in [-0.05, 0) is 13.3 Å². The predicted octanol–water partition coefficient (Wildman–Crippen LogP) is 1.51. The maximum Gasteiger partial charge on any atom is 0.326 e. The minimum absolute atomic E-state index is 0.0371. The van der Waals surface area contributed by atoms with E-state index in [1.54, 1.807) is 0 Å². The number of aromatic nitrogens is 2. The average Bonchev–Trinajstić information content (AvgIpc) is 2.90. The number of hydrogen-bond acceptors (Lipinski definition) is 3. The summed E-state index contributed by atoms with van der Waals surface area (Å²) in [6.07, 6.45) is 4.77. The molecule has 2 heterocycles. The zero-order valence-electron chi connectivity index (χ0n) is 12.4. The third kappa shape index (κ3) is 3.53. The number of nitrogens with one attached hydrogen (secondary N) is 2. The second kappa shape index (κ2) is 6.60. The molecule has 116 valence electrons. The molecule has 3 N–H and O–H groups in total. The van der Waals surface area contributed by atoms with E-state index in [1.165, 1.54) is 11.2 Å². The highest BCUT2D eigenvalue weighted by Gasteiger charge is 2.36. The first-order valence-electron chi connectivity index (χ1n) is 7.34. The number of H-pyrrole nitrogens is 1. The number of unbranched alkanes of at least 4 members (excludes halogenated alkanes) is 1. The van der Waals surface area contributed by atoms with Crippen molar-refractivity contribution in [2.24, 2.45) is 0 Å². The molecular weight excluding hydrogens is 272 g/mol. The minimum atomic E-state index is -1.000. The highest BCUT2D eigenvalue weighted by Crippen LogP contribution is 2.21. The minimum Gasteiger partial charge on any atom is -0.480 e. The molecule has 7 heteroatoms. The fourth-order valence-corrected chi connectivity index (χ4v) is 2.55. The first kappa shape index (κ1) is 15.3. The van der Waals surface area contributed by atoms with Crippen molar-refractivity contribution in [3.8, 4) is 0 Å². The number of nitrogens with zero attached hydrogens (tertiary/aromatic N) is 2. The Kier molecular flexibility index (Phi) is 4.82. The third-order valence-electron chi connectivity index (χ3n) is 3.81. The molecule has 2 amide bonds. The molecule has 2 rings (SSSR count). The summed E-state index contributed by atoms with van der Waals surface area (Å²) in [5.74, 6) is -1.000. The van der Waals surface area contributed by atoms with Crippen molar-refractivity contribution in [1.29, 1.82) is 0 Å². The van der Waals surface area contributed by atoms with Gasteiger partial charge in [0.25, 0.3) is 0 Å². The average molecular weight is 294 g/mol. The largest absolute Gasteiger partial charge is 0.480 e. The number of carboxylic acids is 1. The molecule has 1 aliphatic rings. The van der Waals surface area contributed by atoms with Crippen molar-refractivity contribution in [2.45, 2.75) is 58.2 Å². The van der Waals surface area contributed by atoms with E-state index in [-0.39, 0.29) is 25.0 Å². The van der Waals surface area contributed by atoms with Crippen LogP contribution in [0.3, 0.4) is 0 Å². The number of carbonyl (C=O) groups excluding carboxylic acids is 1. The number of hydrogen-bond donors (Lipinski definition) is 3. The Balaban J connectivity index is 2.05. The van der Waals surface area contributed by atoms with E-state index in [2.05, 4.69) is 22.2 Å². The van der Waals surface area contributed by atoms with Gasteiger partial charge in [-0.25, -0.2) is 14.6 Å². The van der Waals surface area contributed by atoms with E-state index >= 15 is 0 Å². The number of rotatable bonds is 5. The topological polar surface area (TPSA) is 98.3 Å². The van der Waals surface area contributed by atoms with Gasteiger partial charge in [0.05, 0.1) is 24.3 Å². The summed E-state index contributed by atoms with van der Waals surface area (Å²) >= 11 is 0. The van der Waals surface area contributed by atoms with Crippen LogP contribution in [0.5, 0.6) is 0 Å². The number of aromatic amines is 1. The number of urea groups is 1. The summed E-state index contributed by atoms with van der Waals surface area (Å²) in [6, 6.07) is -1.15. The van der Waals surface area contributed by atoms with Crippen LogP contribution in [-0.4, -0.2) is 44.1 Å². The lowest BCUT2D eigenvalue weighted by molar-refractivity contribution is -0.142. The normalized spacial score (nSPS) is 19.0. The van der Waals surface area contributed by atoms with Gasteiger partial charge >= 0.3 is 12.0 Å². The van der Waals surface area contributed by atoms with Crippen molar-refractivity contribution in [3.05, 3.63) is 17.7 Å². The van der Waals surface area contributed by atoms with Crippen LogP contribution < -0.4 is 5.32 Å². The van der Waals surface area contributed by atoms with Gasteiger partial charge < -0.3 is 20.3 Å². The van der Waals surface area contributed by atoms with Gasteiger partial charge in [-0.15, -0.1) is 0 Å². The lowest BCUT2D eigenvalue weighted by atomic mass is 10.0. The Morgan fingerprint density at radius 3 is 3.05 bits per heavy atom. The van der Waals surface area contributed by atoms with Gasteiger partial charge in [0.1, 0.15) is 6.04 Å². The van der Waals surface area contributed by atoms with Gasteiger partial charge in [0.15, 0.2) is 0 Å². The van der Waals surface area contributed by atoms with Crippen molar-refractivity contribution in [1.82, 2.24) is 20.2 Å². The summed E-state index contributed by atoms with van der Waals surface area (Å²) in [6.45, 7) is 4.28. The molecular formula is C14H22N4O3. The molecule has 21 heavy (non-hydrogen) atoms. The Morgan fingerprint density at radius 2 is 2.38 bits per heavy atom. The Bertz CT molecular complexity index is 514. The van der Waals surface area contributed by atoms with Gasteiger partial charge in [-0.1, -0.05) is 19.8 Å². The molecule has 0 saturated heterocycles. The Hall–Kier alpha value is -2.05. The summed E-state index contributed by atoms with van der Waals surface area (Å²) in [5.41, 5.74) is 1.54. The van der Waals surface area contributed by atoms with Gasteiger partial charge in [-0.2, -0.15) is 0 Å². The number of fused-ring (bicyclic) bond motifs is 1. The first-order valence-corrected chi connectivity index (χ1v) is 7.34. The van der Waals surface area contributed by atoms with Crippen LogP contribution >= 0.6 is 0 Å². The molecule has 2 unspecified atom stereocenters. The summed E-state index contributed by atoms with van der Waals surface area (Å²) in [5, 5.41) is 12.2. The van der Waals surface area contributed by atoms with E-state index < -0.39 is 12.0 Å². The lowest BCUT2D eigenvalue weighted by Crippen LogP contribution is -2.53. The number of amides is 2. The number of carbonyl (C=O) groups is 2. The lowest BCUT2D eigenvalue weighted by Gasteiger charge is -2.33. The molecule has 1 aromatic rings. The third-order valence-corrected chi connectivity index (χ3v) is 3.81. The van der Waals surface area contributed by atoms with Crippen LogP contribution in [0.15, 0.2) is 6.33 Å². The van der Waals surface area contributed by atoms with Crippen molar-refractivity contribution >= 4 is 12.0 Å². The van der Waals surface area contributed by atoms with Crippen LogP contribution in [0.25, 0.3) is 0 Å². The predicted molar refractivity (Wildman–Crippen MR) is 76.8 cm³/mol. The van der Waals surface area contributed by atoms with Crippen LogP contribution in [0.4, 0.5) is 4.79 Å². The standard InChI is InChI=1S/C14H22N4O3/c1-3-4-5-9(2)17-14(21)18-7-11-10(15-8-16-11)6-12(18)13(19)20/h8-9,12H,3-7H2,1-2H3,(H,15,16)(H,17,21)(H,19,20). The summed E-state index contributed by atoms with van der Waals surface area (Å²) < 4.78 is 0. The molecule has 0 bridgehead atoms. The van der Waals surface area contributed by atoms with Crippen LogP contribution in [0, 0.1) is 0 Å². The molecule has 0 aliphatic carbocycles. The van der Waals surface area contributed by atoms with Crippen molar-refractivity contribution < 1.29 is 14.7 Å². The molecule has 1 aliphatic heterocycles. The zero-order chi connectivity index (χ0) is 15.4. The smallest absolute Gasteiger partial charge is 0.326 e.